The van der Waals surface area contributed by atoms with E-state index in [1.165, 1.54) is 12.8 Å². The molecule has 74 valence electrons. The molecule has 0 aliphatic carbocycles. The summed E-state index contributed by atoms with van der Waals surface area (Å²) in [6, 6.07) is 0. The maximum Gasteiger partial charge on any atom is 0.169 e. The molecule has 2 bridgehead atoms. The van der Waals surface area contributed by atoms with Crippen LogP contribution in [0.3, 0.4) is 0 Å². The lowest BCUT2D eigenvalue weighted by Gasteiger charge is -2.33. The number of nitrogens with zero attached hydrogens (tertiary/aromatic N) is 1. The number of morpholine rings is 1. The minimum atomic E-state index is 0.426. The second-order valence-electron chi connectivity index (χ2n) is 3.70. The molecule has 0 aromatic heterocycles. The second kappa shape index (κ2) is 3.80. The van der Waals surface area contributed by atoms with Crippen LogP contribution in [0.15, 0.2) is 0 Å². The maximum atomic E-state index is 5.73. The van der Waals surface area contributed by atoms with Gasteiger partial charge in [0.1, 0.15) is 0 Å². The summed E-state index contributed by atoms with van der Waals surface area (Å²) in [4.78, 5) is 2.24. The maximum absolute atomic E-state index is 5.73. The minimum absolute atomic E-state index is 0.426. The van der Waals surface area contributed by atoms with E-state index in [9.17, 15) is 0 Å². The van der Waals surface area contributed by atoms with Crippen LogP contribution in [0.25, 0.3) is 0 Å². The zero-order chi connectivity index (χ0) is 9.26. The zero-order valence-electron chi connectivity index (χ0n) is 7.95. The number of hydrogen-bond acceptors (Lipinski definition) is 2. The molecule has 0 aromatic carbocycles. The Kier molecular flexibility index (Phi) is 2.69. The standard InChI is InChI=1S/C9H16N2OS/c1-2-10-9(13)11-5-7-3-4-8(6-11)12-7/h7-8H,2-6H2,1H3,(H,10,13). The van der Waals surface area contributed by atoms with Crippen molar-refractivity contribution in [3.8, 4) is 0 Å². The van der Waals surface area contributed by atoms with E-state index in [-0.39, 0.29) is 0 Å². The third-order valence-corrected chi connectivity index (χ3v) is 3.06. The molecule has 0 spiro atoms. The fourth-order valence-electron chi connectivity index (χ4n) is 2.04. The van der Waals surface area contributed by atoms with Crippen molar-refractivity contribution in [3.63, 3.8) is 0 Å². The first kappa shape index (κ1) is 9.21. The van der Waals surface area contributed by atoms with E-state index >= 15 is 0 Å². The molecule has 2 fully saturated rings. The van der Waals surface area contributed by atoms with Crippen LogP contribution in [-0.2, 0) is 4.74 Å². The molecule has 1 N–H and O–H groups in total. The summed E-state index contributed by atoms with van der Waals surface area (Å²) in [5.41, 5.74) is 0. The molecule has 2 saturated heterocycles. The Bertz CT molecular complexity index is 198. The van der Waals surface area contributed by atoms with Crippen LogP contribution >= 0.6 is 12.2 Å². The van der Waals surface area contributed by atoms with Gasteiger partial charge < -0.3 is 15.0 Å². The van der Waals surface area contributed by atoms with Gasteiger partial charge >= 0.3 is 0 Å². The SMILES string of the molecule is CCNC(=S)N1CC2CCC(C1)O2. The highest BCUT2D eigenvalue weighted by molar-refractivity contribution is 7.80. The molecular formula is C9H16N2OS. The summed E-state index contributed by atoms with van der Waals surface area (Å²) in [6.45, 7) is 4.93. The molecule has 2 aliphatic rings. The van der Waals surface area contributed by atoms with Gasteiger partial charge in [0.05, 0.1) is 12.2 Å². The quantitative estimate of drug-likeness (QED) is 0.631. The predicted molar refractivity (Wildman–Crippen MR) is 55.7 cm³/mol. The average molecular weight is 200 g/mol. The van der Waals surface area contributed by atoms with Crippen LogP contribution in [0.1, 0.15) is 19.8 Å². The summed E-state index contributed by atoms with van der Waals surface area (Å²) in [5.74, 6) is 0. The highest BCUT2D eigenvalue weighted by atomic mass is 32.1. The molecule has 2 rings (SSSR count). The molecule has 0 amide bonds. The lowest BCUT2D eigenvalue weighted by molar-refractivity contribution is -0.0158. The van der Waals surface area contributed by atoms with Crippen molar-refractivity contribution in [2.75, 3.05) is 19.6 Å². The van der Waals surface area contributed by atoms with Crippen LogP contribution in [0.4, 0.5) is 0 Å². The third kappa shape index (κ3) is 1.94. The number of fused-ring (bicyclic) bond motifs is 2. The topological polar surface area (TPSA) is 24.5 Å². The van der Waals surface area contributed by atoms with Crippen molar-refractivity contribution in [3.05, 3.63) is 0 Å². The van der Waals surface area contributed by atoms with Crippen LogP contribution in [-0.4, -0.2) is 41.9 Å². The first-order chi connectivity index (χ1) is 6.29. The molecular weight excluding hydrogens is 184 g/mol. The number of hydrogen-bond donors (Lipinski definition) is 1. The van der Waals surface area contributed by atoms with E-state index < -0.39 is 0 Å². The van der Waals surface area contributed by atoms with Gasteiger partial charge in [-0.25, -0.2) is 0 Å². The van der Waals surface area contributed by atoms with Gasteiger partial charge in [-0.05, 0) is 32.0 Å². The molecule has 3 nitrogen and oxygen atoms in total. The summed E-state index contributed by atoms with van der Waals surface area (Å²) in [6.07, 6.45) is 3.26. The van der Waals surface area contributed by atoms with Crippen molar-refractivity contribution in [1.29, 1.82) is 0 Å². The Morgan fingerprint density at radius 1 is 1.46 bits per heavy atom. The van der Waals surface area contributed by atoms with Crippen molar-refractivity contribution >= 4 is 17.3 Å². The van der Waals surface area contributed by atoms with E-state index in [1.807, 2.05) is 0 Å². The molecule has 0 aromatic rings. The van der Waals surface area contributed by atoms with Crippen LogP contribution in [0.2, 0.25) is 0 Å². The molecule has 0 saturated carbocycles. The fourth-order valence-corrected chi connectivity index (χ4v) is 2.34. The first-order valence-corrected chi connectivity index (χ1v) is 5.38. The van der Waals surface area contributed by atoms with E-state index in [2.05, 4.69) is 17.1 Å². The summed E-state index contributed by atoms with van der Waals surface area (Å²) in [7, 11) is 0. The Labute approximate surface area is 84.4 Å². The summed E-state index contributed by atoms with van der Waals surface area (Å²) < 4.78 is 5.73. The van der Waals surface area contributed by atoms with E-state index in [1.54, 1.807) is 0 Å². The molecule has 2 heterocycles. The van der Waals surface area contributed by atoms with Gasteiger partial charge in [0.15, 0.2) is 5.11 Å². The van der Waals surface area contributed by atoms with Crippen molar-refractivity contribution in [2.24, 2.45) is 0 Å². The third-order valence-electron chi connectivity index (χ3n) is 2.66. The van der Waals surface area contributed by atoms with Gasteiger partial charge in [-0.15, -0.1) is 0 Å². The van der Waals surface area contributed by atoms with Gasteiger partial charge in [-0.2, -0.15) is 0 Å². The highest BCUT2D eigenvalue weighted by Gasteiger charge is 2.34. The smallest absolute Gasteiger partial charge is 0.169 e. The normalized spacial score (nSPS) is 31.9. The lowest BCUT2D eigenvalue weighted by atomic mass is 10.2. The Morgan fingerprint density at radius 2 is 2.08 bits per heavy atom. The monoisotopic (exact) mass is 200 g/mol. The number of thiocarbonyl (C=S) groups is 1. The number of nitrogens with one attached hydrogen (secondary N) is 1. The first-order valence-electron chi connectivity index (χ1n) is 4.98. The molecule has 2 unspecified atom stereocenters. The molecule has 0 radical (unpaired) electrons. The van der Waals surface area contributed by atoms with Crippen LogP contribution in [0, 0.1) is 0 Å². The summed E-state index contributed by atoms with van der Waals surface area (Å²) >= 11 is 5.27. The Morgan fingerprint density at radius 3 is 2.62 bits per heavy atom. The Balaban J connectivity index is 1.91. The van der Waals surface area contributed by atoms with Gasteiger partial charge in [0.25, 0.3) is 0 Å². The van der Waals surface area contributed by atoms with E-state index in [0.717, 1.165) is 24.7 Å². The van der Waals surface area contributed by atoms with Crippen LogP contribution in [0.5, 0.6) is 0 Å². The molecule has 4 heteroatoms. The van der Waals surface area contributed by atoms with Gasteiger partial charge in [-0.1, -0.05) is 0 Å². The van der Waals surface area contributed by atoms with E-state index in [4.69, 9.17) is 17.0 Å². The summed E-state index contributed by atoms with van der Waals surface area (Å²) in [5, 5.41) is 4.08. The molecule has 2 aliphatic heterocycles. The molecule has 13 heavy (non-hydrogen) atoms. The van der Waals surface area contributed by atoms with E-state index in [0.29, 0.717) is 12.2 Å². The van der Waals surface area contributed by atoms with Crippen LogP contribution < -0.4 is 5.32 Å². The number of rotatable bonds is 1. The fraction of sp³-hybridized carbons (Fsp3) is 0.889. The number of ether oxygens (including phenoxy) is 1. The predicted octanol–water partition coefficient (Wildman–Crippen LogP) is 0.744. The van der Waals surface area contributed by atoms with Crippen molar-refractivity contribution < 1.29 is 4.74 Å². The van der Waals surface area contributed by atoms with Crippen molar-refractivity contribution in [2.45, 2.75) is 32.0 Å². The zero-order valence-corrected chi connectivity index (χ0v) is 8.77. The van der Waals surface area contributed by atoms with Gasteiger partial charge in [0.2, 0.25) is 0 Å². The Hall–Kier alpha value is -0.350. The average Bonchev–Trinajstić information content (AvgIpc) is 2.46. The van der Waals surface area contributed by atoms with Gasteiger partial charge in [-0.3, -0.25) is 0 Å². The molecule has 2 atom stereocenters. The second-order valence-corrected chi connectivity index (χ2v) is 4.08. The van der Waals surface area contributed by atoms with Crippen molar-refractivity contribution in [1.82, 2.24) is 10.2 Å². The van der Waals surface area contributed by atoms with Gasteiger partial charge in [0, 0.05) is 19.6 Å². The largest absolute Gasteiger partial charge is 0.371 e. The lowest BCUT2D eigenvalue weighted by Crippen LogP contribution is -2.49. The number of likely N-dealkylation sites (tertiary alicyclic amines) is 1. The highest BCUT2D eigenvalue weighted by Crippen LogP contribution is 2.25. The minimum Gasteiger partial charge on any atom is -0.371 e.